The van der Waals surface area contributed by atoms with Gasteiger partial charge in [-0.2, -0.15) is 0 Å². The number of rotatable bonds is 3. The number of halogens is 2. The molecule has 3 heteroatoms. The summed E-state index contributed by atoms with van der Waals surface area (Å²) in [4.78, 5) is 0. The Labute approximate surface area is 134 Å². The maximum Gasteiger partial charge on any atom is 0.143 e. The molecule has 0 aromatic heterocycles. The fourth-order valence-electron chi connectivity index (χ4n) is 5.84. The Morgan fingerprint density at radius 1 is 1.14 bits per heavy atom. The molecule has 4 aliphatic rings. The van der Waals surface area contributed by atoms with Crippen molar-refractivity contribution >= 4 is 15.9 Å². The van der Waals surface area contributed by atoms with Crippen LogP contribution in [-0.4, -0.2) is 5.11 Å². The Morgan fingerprint density at radius 3 is 2.29 bits per heavy atom. The monoisotopic (exact) mass is 352 g/mol. The first-order valence-electron chi connectivity index (χ1n) is 8.17. The van der Waals surface area contributed by atoms with Gasteiger partial charge in [-0.3, -0.25) is 0 Å². The highest BCUT2D eigenvalue weighted by atomic mass is 79.9. The minimum atomic E-state index is -0.668. The van der Waals surface area contributed by atoms with E-state index < -0.39 is 6.10 Å². The van der Waals surface area contributed by atoms with Gasteiger partial charge < -0.3 is 5.11 Å². The fraction of sp³-hybridized carbons (Fsp3) is 0.667. The topological polar surface area (TPSA) is 20.2 Å². The van der Waals surface area contributed by atoms with Gasteiger partial charge in [-0.25, -0.2) is 4.39 Å². The predicted molar refractivity (Wildman–Crippen MR) is 84.3 cm³/mol. The molecule has 0 saturated heterocycles. The lowest BCUT2D eigenvalue weighted by Gasteiger charge is -2.57. The molecule has 4 fully saturated rings. The lowest BCUT2D eigenvalue weighted by molar-refractivity contribution is -0.0767. The third kappa shape index (κ3) is 2.46. The second kappa shape index (κ2) is 5.06. The second-order valence-corrected chi connectivity index (χ2v) is 8.63. The van der Waals surface area contributed by atoms with Crippen LogP contribution in [0, 0.1) is 29.0 Å². The van der Waals surface area contributed by atoms with Crippen LogP contribution in [0.15, 0.2) is 22.7 Å². The highest BCUT2D eigenvalue weighted by Crippen LogP contribution is 2.62. The van der Waals surface area contributed by atoms with Gasteiger partial charge in [0.2, 0.25) is 0 Å². The van der Waals surface area contributed by atoms with Gasteiger partial charge >= 0.3 is 0 Å². The third-order valence-corrected chi connectivity index (χ3v) is 6.74. The van der Waals surface area contributed by atoms with Crippen LogP contribution in [0.3, 0.4) is 0 Å². The summed E-state index contributed by atoms with van der Waals surface area (Å²) in [7, 11) is 0. The molecule has 5 rings (SSSR count). The van der Waals surface area contributed by atoms with Crippen molar-refractivity contribution in [3.63, 3.8) is 0 Å². The first kappa shape index (κ1) is 14.2. The highest BCUT2D eigenvalue weighted by molar-refractivity contribution is 9.10. The number of benzene rings is 1. The predicted octanol–water partition coefficient (Wildman–Crippen LogP) is 5.23. The van der Waals surface area contributed by atoms with E-state index in [1.54, 1.807) is 12.1 Å². The summed E-state index contributed by atoms with van der Waals surface area (Å²) in [5.74, 6) is 2.32. The van der Waals surface area contributed by atoms with Crippen LogP contribution in [0.4, 0.5) is 4.39 Å². The van der Waals surface area contributed by atoms with Gasteiger partial charge in [-0.05, 0) is 90.1 Å². The molecule has 21 heavy (non-hydrogen) atoms. The van der Waals surface area contributed by atoms with Crippen LogP contribution >= 0.6 is 15.9 Å². The zero-order valence-corrected chi connectivity index (χ0v) is 13.8. The molecule has 1 atom stereocenters. The van der Waals surface area contributed by atoms with E-state index in [9.17, 15) is 9.50 Å². The molecule has 4 bridgehead atoms. The highest BCUT2D eigenvalue weighted by Gasteiger charge is 2.51. The summed E-state index contributed by atoms with van der Waals surface area (Å²) < 4.78 is 14.7. The molecule has 0 amide bonds. The summed E-state index contributed by atoms with van der Waals surface area (Å²) >= 11 is 3.22. The number of hydrogen-bond donors (Lipinski definition) is 1. The normalized spacial score (nSPS) is 38.7. The average molecular weight is 353 g/mol. The van der Waals surface area contributed by atoms with E-state index in [-0.39, 0.29) is 11.2 Å². The molecule has 0 aliphatic heterocycles. The first-order valence-corrected chi connectivity index (χ1v) is 8.96. The van der Waals surface area contributed by atoms with Crippen molar-refractivity contribution < 1.29 is 9.50 Å². The molecule has 0 radical (unpaired) electrons. The zero-order chi connectivity index (χ0) is 14.6. The zero-order valence-electron chi connectivity index (χ0n) is 12.2. The molecule has 4 aliphatic carbocycles. The van der Waals surface area contributed by atoms with Crippen molar-refractivity contribution in [2.24, 2.45) is 23.2 Å². The van der Waals surface area contributed by atoms with E-state index in [0.717, 1.165) is 24.2 Å². The molecule has 1 unspecified atom stereocenters. The van der Waals surface area contributed by atoms with Crippen molar-refractivity contribution in [3.8, 4) is 0 Å². The summed E-state index contributed by atoms with van der Waals surface area (Å²) in [5, 5.41) is 10.6. The molecule has 1 aromatic rings. The molecule has 1 nitrogen and oxygen atoms in total. The van der Waals surface area contributed by atoms with Crippen LogP contribution in [0.2, 0.25) is 0 Å². The Morgan fingerprint density at radius 2 is 1.71 bits per heavy atom. The number of hydrogen-bond acceptors (Lipinski definition) is 1. The molecule has 4 saturated carbocycles. The van der Waals surface area contributed by atoms with Crippen LogP contribution in [0.25, 0.3) is 0 Å². The van der Waals surface area contributed by atoms with Crippen molar-refractivity contribution in [2.45, 2.75) is 51.0 Å². The summed E-state index contributed by atoms with van der Waals surface area (Å²) in [6.45, 7) is 0. The second-order valence-electron chi connectivity index (χ2n) is 7.78. The smallest absolute Gasteiger partial charge is 0.143 e. The van der Waals surface area contributed by atoms with Crippen molar-refractivity contribution in [2.75, 3.05) is 0 Å². The van der Waals surface area contributed by atoms with Crippen molar-refractivity contribution in [3.05, 3.63) is 34.1 Å². The largest absolute Gasteiger partial charge is 0.388 e. The third-order valence-electron chi connectivity index (χ3n) is 6.13. The molecular weight excluding hydrogens is 331 g/mol. The van der Waals surface area contributed by atoms with Crippen LogP contribution in [0.5, 0.6) is 0 Å². The Kier molecular flexibility index (Phi) is 3.42. The van der Waals surface area contributed by atoms with Crippen molar-refractivity contribution in [1.29, 1.82) is 0 Å². The molecule has 0 heterocycles. The van der Waals surface area contributed by atoms with Gasteiger partial charge in [0.05, 0.1) is 10.6 Å². The minimum Gasteiger partial charge on any atom is -0.388 e. The van der Waals surface area contributed by atoms with Crippen molar-refractivity contribution in [1.82, 2.24) is 0 Å². The van der Waals surface area contributed by atoms with Gasteiger partial charge in [0.25, 0.3) is 0 Å². The molecule has 114 valence electrons. The minimum absolute atomic E-state index is 0.281. The van der Waals surface area contributed by atoms with Gasteiger partial charge in [-0.1, -0.05) is 12.1 Å². The molecule has 1 aromatic carbocycles. The maximum absolute atomic E-state index is 14.2. The van der Waals surface area contributed by atoms with Crippen LogP contribution in [0.1, 0.15) is 56.6 Å². The summed E-state index contributed by atoms with van der Waals surface area (Å²) in [6, 6.07) is 5.23. The lowest BCUT2D eigenvalue weighted by atomic mass is 9.48. The lowest BCUT2D eigenvalue weighted by Crippen LogP contribution is -2.46. The van der Waals surface area contributed by atoms with E-state index in [4.69, 9.17) is 0 Å². The number of aliphatic hydroxyl groups is 1. The number of aliphatic hydroxyl groups excluding tert-OH is 1. The van der Waals surface area contributed by atoms with E-state index >= 15 is 0 Å². The molecular formula is C18H22BrFO. The molecule has 1 N–H and O–H groups in total. The van der Waals surface area contributed by atoms with Crippen LogP contribution in [-0.2, 0) is 0 Å². The SMILES string of the molecule is OC(CC12CC3CC(CC(C3)C1)C2)c1cccc(Br)c1F. The standard InChI is InChI=1S/C18H22BrFO/c19-15-3-1-2-14(17(15)20)16(21)10-18-7-11-4-12(8-18)6-13(5-11)9-18/h1-3,11-13,16,21H,4-10H2. The Hall–Kier alpha value is -0.410. The quantitative estimate of drug-likeness (QED) is 0.789. The van der Waals surface area contributed by atoms with E-state index in [1.807, 2.05) is 6.07 Å². The summed E-state index contributed by atoms with van der Waals surface area (Å²) in [6.07, 6.45) is 8.05. The van der Waals surface area contributed by atoms with Gasteiger partial charge in [0, 0.05) is 5.56 Å². The molecule has 0 spiro atoms. The van der Waals surface area contributed by atoms with Crippen LogP contribution < -0.4 is 0 Å². The van der Waals surface area contributed by atoms with Gasteiger partial charge in [0.1, 0.15) is 5.82 Å². The van der Waals surface area contributed by atoms with E-state index in [0.29, 0.717) is 10.0 Å². The summed E-state index contributed by atoms with van der Waals surface area (Å²) in [5.41, 5.74) is 0.739. The Bertz CT molecular complexity index is 521. The van der Waals surface area contributed by atoms with Gasteiger partial charge in [0.15, 0.2) is 0 Å². The fourth-order valence-corrected chi connectivity index (χ4v) is 6.22. The van der Waals surface area contributed by atoms with E-state index in [2.05, 4.69) is 15.9 Å². The maximum atomic E-state index is 14.2. The Balaban J connectivity index is 1.57. The average Bonchev–Trinajstić information content (AvgIpc) is 2.39. The van der Waals surface area contributed by atoms with Gasteiger partial charge in [-0.15, -0.1) is 0 Å². The van der Waals surface area contributed by atoms with E-state index in [1.165, 1.54) is 38.5 Å². The first-order chi connectivity index (χ1) is 10.0.